The number of carboxylic acids is 1. The number of ether oxygens (including phenoxy) is 1. The molecule has 1 aromatic heterocycles. The van der Waals surface area contributed by atoms with Gasteiger partial charge in [0.15, 0.2) is 17.3 Å². The maximum Gasteiger partial charge on any atom is 0.341 e. The van der Waals surface area contributed by atoms with E-state index in [0.717, 1.165) is 10.8 Å². The van der Waals surface area contributed by atoms with Crippen molar-refractivity contribution >= 4 is 22.6 Å². The molecule has 1 aliphatic heterocycles. The lowest BCUT2D eigenvalue weighted by molar-refractivity contribution is 0.0695. The van der Waals surface area contributed by atoms with Crippen molar-refractivity contribution in [2.75, 3.05) is 5.73 Å². The van der Waals surface area contributed by atoms with E-state index in [1.54, 1.807) is 0 Å². The number of hydrogen-bond acceptors (Lipinski definition) is 5. The largest absolute Gasteiger partial charge is 0.506 e. The maximum absolute atomic E-state index is 14.2. The Labute approximate surface area is 137 Å². The monoisotopic (exact) mass is 346 g/mol. The Morgan fingerprint density at radius 1 is 1.24 bits per heavy atom. The summed E-state index contributed by atoms with van der Waals surface area (Å²) in [7, 11) is 0. The van der Waals surface area contributed by atoms with Crippen LogP contribution in [0.25, 0.3) is 16.6 Å². The summed E-state index contributed by atoms with van der Waals surface area (Å²) in [5, 5.41) is 18.7. The lowest BCUT2D eigenvalue weighted by Gasteiger charge is -2.24. The van der Waals surface area contributed by atoms with Crippen molar-refractivity contribution in [2.45, 2.75) is 0 Å². The van der Waals surface area contributed by atoms with E-state index in [4.69, 9.17) is 10.5 Å². The highest BCUT2D eigenvalue weighted by Crippen LogP contribution is 2.44. The molecule has 0 unspecified atom stereocenters. The number of benzene rings is 2. The van der Waals surface area contributed by atoms with Crippen LogP contribution in [0.15, 0.2) is 29.2 Å². The Bertz CT molecular complexity index is 1170. The highest BCUT2D eigenvalue weighted by Gasteiger charge is 2.29. The lowest BCUT2D eigenvalue weighted by Crippen LogP contribution is -2.21. The number of nitrogens with zero attached hydrogens (tertiary/aromatic N) is 1. The predicted octanol–water partition coefficient (Wildman–Crippen LogP) is 2.36. The van der Waals surface area contributed by atoms with Crippen LogP contribution in [0.3, 0.4) is 0 Å². The minimum absolute atomic E-state index is 0.0337. The van der Waals surface area contributed by atoms with E-state index >= 15 is 0 Å². The van der Waals surface area contributed by atoms with Gasteiger partial charge in [-0.15, -0.1) is 0 Å². The summed E-state index contributed by atoms with van der Waals surface area (Å²) in [5.41, 5.74) is 3.86. The number of aromatic carboxylic acids is 1. The molecule has 0 atom stereocenters. The van der Waals surface area contributed by atoms with Gasteiger partial charge in [-0.25, -0.2) is 9.18 Å². The molecule has 7 nitrogen and oxygen atoms in total. The Morgan fingerprint density at radius 2 is 1.96 bits per heavy atom. The van der Waals surface area contributed by atoms with Crippen LogP contribution in [-0.4, -0.2) is 20.7 Å². The Balaban J connectivity index is 2.26. The summed E-state index contributed by atoms with van der Waals surface area (Å²) in [6.45, 7) is 0. The number of anilines is 1. The van der Waals surface area contributed by atoms with E-state index in [1.165, 1.54) is 12.1 Å². The second-order valence-corrected chi connectivity index (χ2v) is 5.43. The van der Waals surface area contributed by atoms with Gasteiger partial charge in [0.1, 0.15) is 16.8 Å². The predicted molar refractivity (Wildman–Crippen MR) is 82.6 cm³/mol. The number of pyridine rings is 1. The third-order valence-corrected chi connectivity index (χ3v) is 3.95. The van der Waals surface area contributed by atoms with Crippen molar-refractivity contribution in [3.8, 4) is 22.9 Å². The first-order valence-corrected chi connectivity index (χ1v) is 6.91. The number of phenols is 1. The fourth-order valence-corrected chi connectivity index (χ4v) is 2.79. The SMILES string of the molecule is Nc1cc2c(cc1O)-n1cc(C(=O)O)c(=O)c3cc(F)c(F)c(c31)O2. The van der Waals surface area contributed by atoms with Crippen molar-refractivity contribution in [1.29, 1.82) is 0 Å². The molecule has 3 aromatic rings. The van der Waals surface area contributed by atoms with Crippen LogP contribution in [0, 0.1) is 11.6 Å². The van der Waals surface area contributed by atoms with E-state index in [2.05, 4.69) is 0 Å². The Hall–Kier alpha value is -3.62. The van der Waals surface area contributed by atoms with Crippen LogP contribution in [0.2, 0.25) is 0 Å². The van der Waals surface area contributed by atoms with Crippen LogP contribution in [0.1, 0.15) is 10.4 Å². The van der Waals surface area contributed by atoms with Crippen LogP contribution >= 0.6 is 0 Å². The second kappa shape index (κ2) is 4.69. The number of fused-ring (bicyclic) bond motifs is 2. The minimum atomic E-state index is -1.53. The van der Waals surface area contributed by atoms with Gasteiger partial charge < -0.3 is 25.3 Å². The summed E-state index contributed by atoms with van der Waals surface area (Å²) < 4.78 is 34.6. The number of hydrogen-bond donors (Lipinski definition) is 3. The van der Waals surface area contributed by atoms with Crippen molar-refractivity contribution < 1.29 is 28.5 Å². The highest BCUT2D eigenvalue weighted by molar-refractivity contribution is 5.96. The van der Waals surface area contributed by atoms with E-state index in [1.807, 2.05) is 0 Å². The van der Waals surface area contributed by atoms with Gasteiger partial charge >= 0.3 is 5.97 Å². The molecular weight excluding hydrogens is 338 g/mol. The zero-order valence-corrected chi connectivity index (χ0v) is 12.2. The molecule has 1 aliphatic rings. The Morgan fingerprint density at radius 3 is 2.64 bits per heavy atom. The molecule has 0 saturated heterocycles. The maximum atomic E-state index is 14.2. The molecule has 9 heteroatoms. The second-order valence-electron chi connectivity index (χ2n) is 5.43. The number of nitrogens with two attached hydrogens (primary N) is 1. The molecule has 0 bridgehead atoms. The fraction of sp³-hybridized carbons (Fsp3) is 0. The van der Waals surface area contributed by atoms with Gasteiger partial charge in [0, 0.05) is 18.3 Å². The number of nitrogen functional groups attached to an aromatic ring is 1. The molecule has 0 spiro atoms. The van der Waals surface area contributed by atoms with Gasteiger partial charge in [-0.3, -0.25) is 4.79 Å². The summed E-state index contributed by atoms with van der Waals surface area (Å²) in [6.07, 6.45) is 0.963. The molecule has 126 valence electrons. The van der Waals surface area contributed by atoms with Crippen molar-refractivity contribution in [3.63, 3.8) is 0 Å². The van der Waals surface area contributed by atoms with Gasteiger partial charge in [-0.05, 0) is 6.07 Å². The van der Waals surface area contributed by atoms with Crippen LogP contribution in [-0.2, 0) is 0 Å². The topological polar surface area (TPSA) is 115 Å². The molecule has 0 amide bonds. The van der Waals surface area contributed by atoms with Crippen molar-refractivity contribution in [1.82, 2.24) is 4.57 Å². The van der Waals surface area contributed by atoms with E-state index in [-0.39, 0.29) is 33.8 Å². The molecule has 2 heterocycles. The summed E-state index contributed by atoms with van der Waals surface area (Å²) in [6, 6.07) is 2.97. The molecule has 4 N–H and O–H groups in total. The van der Waals surface area contributed by atoms with Gasteiger partial charge in [0.2, 0.25) is 11.2 Å². The normalized spacial score (nSPS) is 11.9. The molecule has 4 rings (SSSR count). The standard InChI is InChI=1S/C16H8F2N2O5/c17-7-1-5-13-15(12(7)18)25-11-2-8(19)10(21)3-9(11)20(13)4-6(14(5)22)16(23)24/h1-4,21H,19H2,(H,23,24). The molecule has 2 aromatic carbocycles. The van der Waals surface area contributed by atoms with E-state index < -0.39 is 34.3 Å². The molecule has 25 heavy (non-hydrogen) atoms. The summed E-state index contributed by atoms with van der Waals surface area (Å²) >= 11 is 0. The van der Waals surface area contributed by atoms with Crippen molar-refractivity contribution in [2.24, 2.45) is 0 Å². The number of carbonyl (C=O) groups is 1. The zero-order chi connectivity index (χ0) is 18.0. The number of rotatable bonds is 1. The number of halogens is 2. The number of phenolic OH excluding ortho intramolecular Hbond substituents is 1. The third kappa shape index (κ3) is 1.89. The van der Waals surface area contributed by atoms with Gasteiger partial charge in [-0.2, -0.15) is 4.39 Å². The lowest BCUT2D eigenvalue weighted by atomic mass is 10.1. The van der Waals surface area contributed by atoms with Gasteiger partial charge in [0.25, 0.3) is 0 Å². The smallest absolute Gasteiger partial charge is 0.341 e. The minimum Gasteiger partial charge on any atom is -0.506 e. The van der Waals surface area contributed by atoms with Gasteiger partial charge in [-0.1, -0.05) is 0 Å². The first-order valence-electron chi connectivity index (χ1n) is 6.91. The number of carboxylic acid groups (broad SMARTS) is 1. The first kappa shape index (κ1) is 14.9. The first-order chi connectivity index (χ1) is 11.8. The highest BCUT2D eigenvalue weighted by atomic mass is 19.2. The van der Waals surface area contributed by atoms with Crippen molar-refractivity contribution in [3.05, 3.63) is 51.8 Å². The molecule has 0 aliphatic carbocycles. The molecule has 0 fully saturated rings. The average molecular weight is 346 g/mol. The third-order valence-electron chi connectivity index (χ3n) is 3.95. The summed E-state index contributed by atoms with van der Waals surface area (Å²) in [4.78, 5) is 23.6. The zero-order valence-electron chi connectivity index (χ0n) is 12.2. The molecule has 0 radical (unpaired) electrons. The van der Waals surface area contributed by atoms with Crippen LogP contribution < -0.4 is 15.9 Å². The van der Waals surface area contributed by atoms with Crippen LogP contribution in [0.4, 0.5) is 14.5 Å². The summed E-state index contributed by atoms with van der Waals surface area (Å²) in [5.74, 6) is -5.15. The molecular formula is C16H8F2N2O5. The number of aromatic hydroxyl groups is 1. The average Bonchev–Trinajstić information content (AvgIpc) is 2.55. The molecule has 0 saturated carbocycles. The van der Waals surface area contributed by atoms with E-state index in [9.17, 15) is 28.6 Å². The number of aromatic nitrogens is 1. The van der Waals surface area contributed by atoms with Gasteiger partial charge in [0.05, 0.1) is 16.8 Å². The fourth-order valence-electron chi connectivity index (χ4n) is 2.79. The Kier molecular flexibility index (Phi) is 2.81. The van der Waals surface area contributed by atoms with E-state index in [0.29, 0.717) is 6.07 Å². The van der Waals surface area contributed by atoms with Crippen LogP contribution in [0.5, 0.6) is 17.2 Å². The quantitative estimate of drug-likeness (QED) is 0.360.